The molecule has 112 valence electrons. The van der Waals surface area contributed by atoms with Crippen molar-refractivity contribution in [3.05, 3.63) is 64.7 Å². The summed E-state index contributed by atoms with van der Waals surface area (Å²) < 4.78 is 0. The van der Waals surface area contributed by atoms with Gasteiger partial charge in [0.05, 0.1) is 0 Å². The number of carbonyl (C=O) groups excluding carboxylic acids is 2. The third-order valence-corrected chi connectivity index (χ3v) is 4.91. The quantitative estimate of drug-likeness (QED) is 0.924. The first-order valence-corrected chi connectivity index (χ1v) is 8.18. The smallest absolute Gasteiger partial charge is 0.251 e. The van der Waals surface area contributed by atoms with E-state index in [-0.39, 0.29) is 11.7 Å². The van der Waals surface area contributed by atoms with Crippen LogP contribution in [-0.2, 0) is 0 Å². The zero-order valence-corrected chi connectivity index (χ0v) is 13.4. The van der Waals surface area contributed by atoms with Gasteiger partial charge in [0.25, 0.3) is 5.91 Å². The van der Waals surface area contributed by atoms with E-state index in [0.717, 1.165) is 16.0 Å². The number of thioether (sulfide) groups is 1. The van der Waals surface area contributed by atoms with Crippen LogP contribution >= 0.6 is 11.8 Å². The number of hydrogen-bond donors (Lipinski definition) is 1. The van der Waals surface area contributed by atoms with Crippen LogP contribution in [0.1, 0.15) is 31.8 Å². The van der Waals surface area contributed by atoms with Crippen LogP contribution in [0.25, 0.3) is 0 Å². The summed E-state index contributed by atoms with van der Waals surface area (Å²) in [6.07, 6.45) is 0. The molecular weight excluding hydrogens is 294 g/mol. The van der Waals surface area contributed by atoms with Crippen molar-refractivity contribution in [3.63, 3.8) is 0 Å². The molecule has 1 aliphatic heterocycles. The van der Waals surface area contributed by atoms with Gasteiger partial charge < -0.3 is 5.32 Å². The Morgan fingerprint density at radius 1 is 1.09 bits per heavy atom. The highest BCUT2D eigenvalue weighted by atomic mass is 32.2. The summed E-state index contributed by atoms with van der Waals surface area (Å²) in [7, 11) is 0. The number of rotatable bonds is 2. The van der Waals surface area contributed by atoms with Crippen molar-refractivity contribution in [2.24, 2.45) is 0 Å². The standard InChI is InChI=1S/C18H17NO2S/c1-11-3-6-13(7-4-11)18(21)19-15-10-22-16-8-5-12(2)9-14(16)17(15)20/h3-9,15H,10H2,1-2H3,(H,19,21)/t15-/m0/s1. The Kier molecular flexibility index (Phi) is 4.03. The monoisotopic (exact) mass is 311 g/mol. The van der Waals surface area contributed by atoms with Crippen molar-refractivity contribution >= 4 is 23.5 Å². The first-order valence-electron chi connectivity index (χ1n) is 7.20. The Morgan fingerprint density at radius 3 is 2.50 bits per heavy atom. The first kappa shape index (κ1) is 14.9. The van der Waals surface area contributed by atoms with E-state index >= 15 is 0 Å². The van der Waals surface area contributed by atoms with Crippen LogP contribution in [0, 0.1) is 13.8 Å². The molecule has 0 saturated heterocycles. The van der Waals surface area contributed by atoms with Gasteiger partial charge in [-0.3, -0.25) is 9.59 Å². The number of ketones is 1. The minimum absolute atomic E-state index is 0.00193. The zero-order valence-electron chi connectivity index (χ0n) is 12.6. The van der Waals surface area contributed by atoms with E-state index in [2.05, 4.69) is 5.32 Å². The minimum Gasteiger partial charge on any atom is -0.341 e. The predicted molar refractivity (Wildman–Crippen MR) is 88.7 cm³/mol. The highest BCUT2D eigenvalue weighted by Gasteiger charge is 2.29. The molecule has 2 aromatic rings. The lowest BCUT2D eigenvalue weighted by molar-refractivity contribution is 0.0864. The number of nitrogens with one attached hydrogen (secondary N) is 1. The van der Waals surface area contributed by atoms with Gasteiger partial charge in [-0.2, -0.15) is 0 Å². The number of hydrogen-bond acceptors (Lipinski definition) is 3. The molecule has 0 spiro atoms. The van der Waals surface area contributed by atoms with E-state index in [1.165, 1.54) is 0 Å². The van der Waals surface area contributed by atoms with Gasteiger partial charge in [-0.25, -0.2) is 0 Å². The maximum Gasteiger partial charge on any atom is 0.251 e. The molecule has 3 rings (SSSR count). The molecule has 1 atom stereocenters. The van der Waals surface area contributed by atoms with Crippen molar-refractivity contribution in [2.75, 3.05) is 5.75 Å². The van der Waals surface area contributed by atoms with Crippen molar-refractivity contribution in [1.82, 2.24) is 5.32 Å². The van der Waals surface area contributed by atoms with E-state index < -0.39 is 6.04 Å². The van der Waals surface area contributed by atoms with Crippen LogP contribution in [0.15, 0.2) is 47.4 Å². The first-order chi connectivity index (χ1) is 10.5. The van der Waals surface area contributed by atoms with Crippen LogP contribution in [0.4, 0.5) is 0 Å². The van der Waals surface area contributed by atoms with Gasteiger partial charge in [0.1, 0.15) is 6.04 Å². The van der Waals surface area contributed by atoms with Crippen LogP contribution in [0.3, 0.4) is 0 Å². The van der Waals surface area contributed by atoms with Gasteiger partial charge in [0.2, 0.25) is 0 Å². The molecular formula is C18H17NO2S. The predicted octanol–water partition coefficient (Wildman–Crippen LogP) is 3.39. The number of aryl methyl sites for hydroxylation is 2. The largest absolute Gasteiger partial charge is 0.341 e. The fraction of sp³-hybridized carbons (Fsp3) is 0.222. The summed E-state index contributed by atoms with van der Waals surface area (Å²) in [6.45, 7) is 3.94. The summed E-state index contributed by atoms with van der Waals surface area (Å²) in [5.74, 6) is 0.375. The average Bonchev–Trinajstić information content (AvgIpc) is 2.51. The van der Waals surface area contributed by atoms with E-state index in [0.29, 0.717) is 16.9 Å². The maximum absolute atomic E-state index is 12.6. The second kappa shape index (κ2) is 5.97. The molecule has 0 radical (unpaired) electrons. The number of carbonyl (C=O) groups is 2. The lowest BCUT2D eigenvalue weighted by Gasteiger charge is -2.24. The molecule has 3 nitrogen and oxygen atoms in total. The molecule has 0 aliphatic carbocycles. The molecule has 4 heteroatoms. The second-order valence-corrected chi connectivity index (χ2v) is 6.63. The Morgan fingerprint density at radius 2 is 1.77 bits per heavy atom. The molecule has 1 amide bonds. The van der Waals surface area contributed by atoms with Crippen molar-refractivity contribution in [2.45, 2.75) is 24.8 Å². The average molecular weight is 311 g/mol. The van der Waals surface area contributed by atoms with Crippen LogP contribution in [0.2, 0.25) is 0 Å². The van der Waals surface area contributed by atoms with E-state index in [9.17, 15) is 9.59 Å². The van der Waals surface area contributed by atoms with Gasteiger partial charge >= 0.3 is 0 Å². The molecule has 0 saturated carbocycles. The molecule has 1 aliphatic rings. The van der Waals surface area contributed by atoms with Gasteiger partial charge in [0, 0.05) is 21.8 Å². The van der Waals surface area contributed by atoms with Gasteiger partial charge in [-0.15, -0.1) is 11.8 Å². The molecule has 0 unspecified atom stereocenters. The van der Waals surface area contributed by atoms with Crippen LogP contribution in [-0.4, -0.2) is 23.5 Å². The highest BCUT2D eigenvalue weighted by molar-refractivity contribution is 7.99. The maximum atomic E-state index is 12.6. The summed E-state index contributed by atoms with van der Waals surface area (Å²) in [4.78, 5) is 25.8. The topological polar surface area (TPSA) is 46.2 Å². The third-order valence-electron chi connectivity index (χ3n) is 3.74. The number of amides is 1. The van der Waals surface area contributed by atoms with Crippen LogP contribution in [0.5, 0.6) is 0 Å². The summed E-state index contributed by atoms with van der Waals surface area (Å²) >= 11 is 1.61. The summed E-state index contributed by atoms with van der Waals surface area (Å²) in [5.41, 5.74) is 3.45. The van der Waals surface area contributed by atoms with Gasteiger partial charge in [-0.1, -0.05) is 29.3 Å². The van der Waals surface area contributed by atoms with Gasteiger partial charge in [-0.05, 0) is 38.1 Å². The molecule has 0 fully saturated rings. The highest BCUT2D eigenvalue weighted by Crippen LogP contribution is 2.30. The fourth-order valence-corrected chi connectivity index (χ4v) is 3.51. The van der Waals surface area contributed by atoms with Crippen molar-refractivity contribution in [1.29, 1.82) is 0 Å². The summed E-state index contributed by atoms with van der Waals surface area (Å²) in [5, 5.41) is 2.86. The second-order valence-electron chi connectivity index (χ2n) is 5.57. The Bertz CT molecular complexity index is 737. The molecule has 1 N–H and O–H groups in total. The lowest BCUT2D eigenvalue weighted by atomic mass is 10.0. The molecule has 2 aromatic carbocycles. The lowest BCUT2D eigenvalue weighted by Crippen LogP contribution is -2.44. The Labute approximate surface area is 134 Å². The molecule has 1 heterocycles. The van der Waals surface area contributed by atoms with E-state index in [4.69, 9.17) is 0 Å². The summed E-state index contributed by atoms with van der Waals surface area (Å²) in [6, 6.07) is 12.8. The molecule has 0 aromatic heterocycles. The number of fused-ring (bicyclic) bond motifs is 1. The minimum atomic E-state index is -0.465. The van der Waals surface area contributed by atoms with Crippen molar-refractivity contribution in [3.8, 4) is 0 Å². The number of Topliss-reactive ketones (excluding diaryl/α,β-unsaturated/α-hetero) is 1. The molecule has 0 bridgehead atoms. The number of benzene rings is 2. The Balaban J connectivity index is 1.78. The SMILES string of the molecule is Cc1ccc(C(=O)N[C@H]2CSc3ccc(C)cc3C2=O)cc1. The zero-order chi connectivity index (χ0) is 15.7. The Hall–Kier alpha value is -2.07. The molecule has 22 heavy (non-hydrogen) atoms. The van der Waals surface area contributed by atoms with E-state index in [1.807, 2.05) is 44.2 Å². The van der Waals surface area contributed by atoms with Crippen LogP contribution < -0.4 is 5.32 Å². The van der Waals surface area contributed by atoms with E-state index in [1.54, 1.807) is 23.9 Å². The third kappa shape index (κ3) is 2.92. The fourth-order valence-electron chi connectivity index (χ4n) is 2.45. The van der Waals surface area contributed by atoms with Gasteiger partial charge in [0.15, 0.2) is 5.78 Å². The normalized spacial score (nSPS) is 17.0. The van der Waals surface area contributed by atoms with Crippen molar-refractivity contribution < 1.29 is 9.59 Å².